The quantitative estimate of drug-likeness (QED) is 0.112. The Balaban J connectivity index is 3.05. The molecule has 0 radical (unpaired) electrons. The van der Waals surface area contributed by atoms with Crippen molar-refractivity contribution in [2.45, 2.75) is 65.8 Å². The Labute approximate surface area is 150 Å². The molecule has 1 nitrogen and oxygen atoms in total. The summed E-state index contributed by atoms with van der Waals surface area (Å²) in [6.45, 7) is 7.48. The molecule has 0 saturated carbocycles. The predicted octanol–water partition coefficient (Wildman–Crippen LogP) is 4.98. The minimum absolute atomic E-state index is 0.597. The molecular formula is C15H30I2OSi. The zero-order chi connectivity index (χ0) is 14.6. The van der Waals surface area contributed by atoms with Crippen LogP contribution in [0.2, 0.25) is 0 Å². The van der Waals surface area contributed by atoms with Gasteiger partial charge in [-0.05, 0) is 19.8 Å². The first kappa shape index (κ1) is 20.4. The summed E-state index contributed by atoms with van der Waals surface area (Å²) in [6, 6.07) is 0. The molecule has 0 heterocycles. The Morgan fingerprint density at radius 2 is 1.47 bits per heavy atom. The van der Waals surface area contributed by atoms with Crippen LogP contribution >= 0.6 is 45.2 Å². The van der Waals surface area contributed by atoms with Crippen LogP contribution in [0.15, 0.2) is 12.2 Å². The van der Waals surface area contributed by atoms with E-state index in [-0.39, 0.29) is 0 Å². The first-order valence-electron chi connectivity index (χ1n) is 7.52. The summed E-state index contributed by atoms with van der Waals surface area (Å²) in [5.74, 6) is 0. The molecule has 0 aromatic rings. The smallest absolute Gasteiger partial charge is 0.0671 e. The fraction of sp³-hybridized carbons (Fsp3) is 0.867. The maximum Gasteiger partial charge on any atom is 0.0671 e. The highest BCUT2D eigenvalue weighted by atomic mass is 127. The summed E-state index contributed by atoms with van der Waals surface area (Å²) < 4.78 is 6.09. The fourth-order valence-corrected chi connectivity index (χ4v) is 3.06. The second kappa shape index (κ2) is 13.1. The molecule has 0 saturated heterocycles. The van der Waals surface area contributed by atoms with Crippen LogP contribution in [0, 0.1) is 0 Å². The Morgan fingerprint density at radius 1 is 1.00 bits per heavy atom. The summed E-state index contributed by atoms with van der Waals surface area (Å²) in [7, 11) is 1.30. The van der Waals surface area contributed by atoms with E-state index in [9.17, 15) is 0 Å². The van der Waals surface area contributed by atoms with Crippen LogP contribution in [0.3, 0.4) is 0 Å². The van der Waals surface area contributed by atoms with Gasteiger partial charge >= 0.3 is 0 Å². The molecule has 0 unspecified atom stereocenters. The lowest BCUT2D eigenvalue weighted by Gasteiger charge is -2.13. The van der Waals surface area contributed by atoms with Crippen molar-refractivity contribution in [3.8, 4) is 0 Å². The average Bonchev–Trinajstić information content (AvgIpc) is 2.28. The van der Waals surface area contributed by atoms with Gasteiger partial charge in [0, 0.05) is 16.8 Å². The second-order valence-electron chi connectivity index (χ2n) is 5.66. The van der Waals surface area contributed by atoms with Crippen LogP contribution in [0.25, 0.3) is 0 Å². The number of hydrogen-bond donors (Lipinski definition) is 0. The van der Waals surface area contributed by atoms with Crippen molar-refractivity contribution in [2.75, 3.05) is 13.2 Å². The summed E-state index contributed by atoms with van der Waals surface area (Å²) in [5, 5.41) is 0. The minimum atomic E-state index is 0.597. The molecule has 0 amide bonds. The molecule has 4 heteroatoms. The highest BCUT2D eigenvalue weighted by Crippen LogP contribution is 2.29. The highest BCUT2D eigenvalue weighted by Gasteiger charge is 2.12. The maximum atomic E-state index is 5.49. The van der Waals surface area contributed by atoms with E-state index in [4.69, 9.17) is 4.74 Å². The van der Waals surface area contributed by atoms with E-state index < -0.39 is 0 Å². The second-order valence-corrected chi connectivity index (χ2v) is 18.3. The number of ether oxygens (including phenoxy) is 1. The zero-order valence-electron chi connectivity index (χ0n) is 12.6. The standard InChI is InChI=1S/C15H30I2OSi/c1-14(2)13-18-12-10-8-6-4-3-5-7-9-11-15(16,17)19/h1,3-13H2,2,19H3. The van der Waals surface area contributed by atoms with Crippen LogP contribution in [0.4, 0.5) is 0 Å². The van der Waals surface area contributed by atoms with Crippen LogP contribution < -0.4 is 0 Å². The molecule has 0 bridgehead atoms. The molecule has 0 spiro atoms. The number of rotatable bonds is 13. The Hall–Kier alpha value is 1.38. The van der Waals surface area contributed by atoms with Gasteiger partial charge in [0.25, 0.3) is 0 Å². The Bertz CT molecular complexity index is 227. The van der Waals surface area contributed by atoms with Gasteiger partial charge in [-0.1, -0.05) is 102 Å². The first-order chi connectivity index (χ1) is 8.92. The van der Waals surface area contributed by atoms with Crippen LogP contribution in [0.5, 0.6) is 0 Å². The molecule has 0 aliphatic rings. The lowest BCUT2D eigenvalue weighted by Crippen LogP contribution is -2.08. The lowest BCUT2D eigenvalue weighted by atomic mass is 10.1. The maximum absolute atomic E-state index is 5.49. The van der Waals surface area contributed by atoms with Gasteiger partial charge < -0.3 is 4.74 Å². The largest absolute Gasteiger partial charge is 0.377 e. The zero-order valence-corrected chi connectivity index (χ0v) is 19.0. The van der Waals surface area contributed by atoms with E-state index in [1.165, 1.54) is 68.0 Å². The van der Waals surface area contributed by atoms with Gasteiger partial charge in [0.1, 0.15) is 0 Å². The van der Waals surface area contributed by atoms with Crippen molar-refractivity contribution >= 4 is 55.4 Å². The number of halogens is 2. The van der Waals surface area contributed by atoms with Crippen molar-refractivity contribution in [1.29, 1.82) is 0 Å². The third-order valence-corrected chi connectivity index (χ3v) is 4.58. The van der Waals surface area contributed by atoms with Gasteiger partial charge in [0.05, 0.1) is 7.66 Å². The number of hydrogen-bond acceptors (Lipinski definition) is 1. The highest BCUT2D eigenvalue weighted by molar-refractivity contribution is 14.2. The molecule has 0 aliphatic heterocycles. The average molecular weight is 508 g/mol. The molecule has 0 aliphatic carbocycles. The molecule has 0 aromatic carbocycles. The van der Waals surface area contributed by atoms with E-state index in [0.717, 1.165) is 18.8 Å². The van der Waals surface area contributed by atoms with Crippen LogP contribution in [0.1, 0.15) is 64.7 Å². The number of unbranched alkanes of at least 4 members (excludes halogenated alkanes) is 7. The van der Waals surface area contributed by atoms with Crippen LogP contribution in [-0.4, -0.2) is 24.5 Å². The first-order valence-corrected chi connectivity index (χ1v) is 10.7. The normalized spacial score (nSPS) is 11.9. The lowest BCUT2D eigenvalue weighted by molar-refractivity contribution is 0.151. The predicted molar refractivity (Wildman–Crippen MR) is 108 cm³/mol. The summed E-state index contributed by atoms with van der Waals surface area (Å²) in [5.41, 5.74) is 1.12. The summed E-state index contributed by atoms with van der Waals surface area (Å²) in [4.78, 5) is 0. The molecular weight excluding hydrogens is 478 g/mol. The SMILES string of the molecule is C=C(C)COCCCCCCCCCCC([SiH3])(I)I. The van der Waals surface area contributed by atoms with E-state index >= 15 is 0 Å². The molecule has 0 fully saturated rings. The van der Waals surface area contributed by atoms with Crippen molar-refractivity contribution in [2.24, 2.45) is 0 Å². The third kappa shape index (κ3) is 19.4. The van der Waals surface area contributed by atoms with E-state index in [1.54, 1.807) is 0 Å². The third-order valence-electron chi connectivity index (χ3n) is 3.00. The van der Waals surface area contributed by atoms with Crippen molar-refractivity contribution in [1.82, 2.24) is 0 Å². The van der Waals surface area contributed by atoms with Gasteiger partial charge in [0.15, 0.2) is 0 Å². The fourth-order valence-electron chi connectivity index (χ4n) is 1.95. The summed E-state index contributed by atoms with van der Waals surface area (Å²) in [6.07, 6.45) is 12.4. The van der Waals surface area contributed by atoms with E-state index in [2.05, 4.69) is 51.8 Å². The number of alkyl halides is 2. The minimum Gasteiger partial charge on any atom is -0.377 e. The molecule has 0 N–H and O–H groups in total. The topological polar surface area (TPSA) is 9.23 Å². The van der Waals surface area contributed by atoms with Crippen molar-refractivity contribution in [3.05, 3.63) is 12.2 Å². The van der Waals surface area contributed by atoms with Crippen molar-refractivity contribution < 1.29 is 4.74 Å². The van der Waals surface area contributed by atoms with Gasteiger partial charge in [0.2, 0.25) is 0 Å². The van der Waals surface area contributed by atoms with Gasteiger partial charge in [-0.15, -0.1) is 0 Å². The van der Waals surface area contributed by atoms with E-state index in [1.807, 2.05) is 6.92 Å². The molecule has 0 atom stereocenters. The van der Waals surface area contributed by atoms with E-state index in [0.29, 0.717) is 1.05 Å². The molecule has 0 aromatic heterocycles. The summed E-state index contributed by atoms with van der Waals surface area (Å²) >= 11 is 5.20. The molecule has 114 valence electrons. The monoisotopic (exact) mass is 508 g/mol. The van der Waals surface area contributed by atoms with Gasteiger partial charge in [-0.2, -0.15) is 0 Å². The van der Waals surface area contributed by atoms with Crippen molar-refractivity contribution in [3.63, 3.8) is 0 Å². The Kier molecular flexibility index (Phi) is 14.0. The van der Waals surface area contributed by atoms with Crippen LogP contribution in [-0.2, 0) is 4.74 Å². The molecule has 19 heavy (non-hydrogen) atoms. The molecule has 0 rings (SSSR count). The van der Waals surface area contributed by atoms with Gasteiger partial charge in [-0.25, -0.2) is 0 Å². The van der Waals surface area contributed by atoms with Gasteiger partial charge in [-0.3, -0.25) is 0 Å². The Morgan fingerprint density at radius 3 is 1.95 bits per heavy atom.